The number of aromatic carboxylic acids is 1. The zero-order chi connectivity index (χ0) is 14.9. The Morgan fingerprint density at radius 2 is 2.05 bits per heavy atom. The van der Waals surface area contributed by atoms with Crippen molar-refractivity contribution < 1.29 is 24.3 Å². The Morgan fingerprint density at radius 3 is 2.55 bits per heavy atom. The van der Waals surface area contributed by atoms with Crippen LogP contribution >= 0.6 is 0 Å². The maximum absolute atomic E-state index is 10.8. The number of aromatic nitrogens is 1. The Labute approximate surface area is 115 Å². The maximum atomic E-state index is 10.8. The molecular formula is C14H15NO5. The lowest BCUT2D eigenvalue weighted by molar-refractivity contribution is 0.0652. The number of carboxylic acid groups (broad SMARTS) is 1. The minimum Gasteiger partial charge on any atom is -0.504 e. The predicted molar refractivity (Wildman–Crippen MR) is 71.2 cm³/mol. The summed E-state index contributed by atoms with van der Waals surface area (Å²) in [5, 5.41) is 22.7. The molecule has 6 heteroatoms. The van der Waals surface area contributed by atoms with Gasteiger partial charge in [-0.05, 0) is 23.6 Å². The van der Waals surface area contributed by atoms with Gasteiger partial charge in [0.15, 0.2) is 11.5 Å². The Morgan fingerprint density at radius 1 is 1.35 bits per heavy atom. The van der Waals surface area contributed by atoms with Gasteiger partial charge < -0.3 is 19.5 Å². The second kappa shape index (κ2) is 5.24. The summed E-state index contributed by atoms with van der Waals surface area (Å²) in [6.07, 6.45) is 0. The number of methoxy groups -OCH3 is 1. The van der Waals surface area contributed by atoms with Crippen molar-refractivity contribution in [3.05, 3.63) is 29.5 Å². The molecule has 0 atom stereocenters. The van der Waals surface area contributed by atoms with E-state index in [0.29, 0.717) is 11.3 Å². The van der Waals surface area contributed by atoms with Crippen LogP contribution in [0.25, 0.3) is 11.3 Å². The van der Waals surface area contributed by atoms with E-state index in [1.807, 2.05) is 13.8 Å². The molecule has 6 nitrogen and oxygen atoms in total. The number of ether oxygens (including phenoxy) is 1. The van der Waals surface area contributed by atoms with E-state index in [0.717, 1.165) is 5.56 Å². The Bertz CT molecular complexity index is 645. The lowest BCUT2D eigenvalue weighted by Crippen LogP contribution is -1.94. The number of hydrogen-bond donors (Lipinski definition) is 2. The second-order valence-electron chi connectivity index (χ2n) is 4.66. The number of carbonyl (C=O) groups is 1. The molecule has 0 aliphatic heterocycles. The molecule has 0 bridgehead atoms. The number of hydrogen-bond acceptors (Lipinski definition) is 5. The average Bonchev–Trinajstić information content (AvgIpc) is 2.88. The number of phenols is 1. The fourth-order valence-electron chi connectivity index (χ4n) is 1.82. The molecule has 0 aliphatic carbocycles. The first-order chi connectivity index (χ1) is 9.43. The van der Waals surface area contributed by atoms with E-state index >= 15 is 0 Å². The van der Waals surface area contributed by atoms with Crippen LogP contribution in [0.3, 0.4) is 0 Å². The fourth-order valence-corrected chi connectivity index (χ4v) is 1.82. The van der Waals surface area contributed by atoms with Crippen molar-refractivity contribution in [2.75, 3.05) is 7.11 Å². The van der Waals surface area contributed by atoms with Gasteiger partial charge in [0.2, 0.25) is 5.76 Å². The first-order valence-corrected chi connectivity index (χ1v) is 6.05. The molecule has 0 unspecified atom stereocenters. The van der Waals surface area contributed by atoms with Crippen LogP contribution in [0.5, 0.6) is 11.5 Å². The normalized spacial score (nSPS) is 10.8. The maximum Gasteiger partial charge on any atom is 0.374 e. The number of nitrogens with zero attached hydrogens (tertiary/aromatic N) is 1. The molecule has 0 saturated carbocycles. The highest BCUT2D eigenvalue weighted by molar-refractivity contribution is 5.86. The van der Waals surface area contributed by atoms with Crippen LogP contribution in [-0.2, 0) is 0 Å². The summed E-state index contributed by atoms with van der Waals surface area (Å²) in [5.41, 5.74) is 1.57. The van der Waals surface area contributed by atoms with Crippen molar-refractivity contribution in [1.29, 1.82) is 0 Å². The fraction of sp³-hybridized carbons (Fsp3) is 0.286. The number of phenolic OH excluding ortho intramolecular Hbond substituents is 1. The number of aromatic hydroxyl groups is 1. The van der Waals surface area contributed by atoms with E-state index in [-0.39, 0.29) is 23.1 Å². The molecule has 2 rings (SSSR count). The number of benzene rings is 1. The molecule has 0 amide bonds. The average molecular weight is 277 g/mol. The highest BCUT2D eigenvalue weighted by Gasteiger charge is 2.19. The molecule has 1 aromatic heterocycles. The summed E-state index contributed by atoms with van der Waals surface area (Å²) in [5.74, 6) is -1.06. The third-order valence-electron chi connectivity index (χ3n) is 2.98. The van der Waals surface area contributed by atoms with Crippen LogP contribution in [0.1, 0.15) is 35.9 Å². The molecular weight excluding hydrogens is 262 g/mol. The molecule has 0 fully saturated rings. The highest BCUT2D eigenvalue weighted by atomic mass is 16.5. The second-order valence-corrected chi connectivity index (χ2v) is 4.66. The number of rotatable bonds is 4. The molecule has 1 aromatic carbocycles. The first-order valence-electron chi connectivity index (χ1n) is 6.05. The van der Waals surface area contributed by atoms with Gasteiger partial charge in [-0.3, -0.25) is 0 Å². The minimum absolute atomic E-state index is 0.0952. The summed E-state index contributed by atoms with van der Waals surface area (Å²) in [7, 11) is 1.45. The van der Waals surface area contributed by atoms with E-state index in [2.05, 4.69) is 5.16 Å². The van der Waals surface area contributed by atoms with Gasteiger partial charge in [-0.25, -0.2) is 4.79 Å². The first kappa shape index (κ1) is 13.9. The third-order valence-corrected chi connectivity index (χ3v) is 2.98. The summed E-state index contributed by atoms with van der Waals surface area (Å²) >= 11 is 0. The standard InChI is InChI=1S/C14H15NO5/c1-7(2)8-4-9(13(16)11(5-8)19-3)10-6-12(14(17)18)20-15-10/h4-7,16H,1-3H3,(H,17,18). The van der Waals surface area contributed by atoms with Crippen LogP contribution in [0.2, 0.25) is 0 Å². The molecule has 2 aromatic rings. The van der Waals surface area contributed by atoms with Crippen molar-refractivity contribution in [1.82, 2.24) is 5.16 Å². The van der Waals surface area contributed by atoms with Crippen molar-refractivity contribution in [2.45, 2.75) is 19.8 Å². The van der Waals surface area contributed by atoms with E-state index < -0.39 is 5.97 Å². The molecule has 106 valence electrons. The molecule has 0 radical (unpaired) electrons. The van der Waals surface area contributed by atoms with Crippen molar-refractivity contribution >= 4 is 5.97 Å². The molecule has 2 N–H and O–H groups in total. The van der Waals surface area contributed by atoms with Crippen LogP contribution in [0.15, 0.2) is 22.7 Å². The van der Waals surface area contributed by atoms with E-state index in [4.69, 9.17) is 14.4 Å². The molecule has 1 heterocycles. The van der Waals surface area contributed by atoms with Gasteiger partial charge in [0.05, 0.1) is 7.11 Å². The Hall–Kier alpha value is -2.50. The Kier molecular flexibility index (Phi) is 3.65. The van der Waals surface area contributed by atoms with E-state index in [1.54, 1.807) is 12.1 Å². The quantitative estimate of drug-likeness (QED) is 0.892. The topological polar surface area (TPSA) is 92.8 Å². The van der Waals surface area contributed by atoms with Crippen LogP contribution in [-0.4, -0.2) is 28.4 Å². The summed E-state index contributed by atoms with van der Waals surface area (Å²) < 4.78 is 9.84. The molecule has 0 aliphatic rings. The predicted octanol–water partition coefficient (Wildman–Crippen LogP) is 2.88. The summed E-state index contributed by atoms with van der Waals surface area (Å²) in [6.45, 7) is 4.00. The molecule has 0 saturated heterocycles. The smallest absolute Gasteiger partial charge is 0.374 e. The minimum atomic E-state index is -1.21. The van der Waals surface area contributed by atoms with Gasteiger partial charge in [0.1, 0.15) is 5.69 Å². The van der Waals surface area contributed by atoms with Gasteiger partial charge in [-0.2, -0.15) is 0 Å². The van der Waals surface area contributed by atoms with Gasteiger partial charge in [-0.15, -0.1) is 0 Å². The van der Waals surface area contributed by atoms with E-state index in [9.17, 15) is 9.90 Å². The number of carboxylic acids is 1. The van der Waals surface area contributed by atoms with Gasteiger partial charge >= 0.3 is 5.97 Å². The van der Waals surface area contributed by atoms with Crippen molar-refractivity contribution in [3.63, 3.8) is 0 Å². The van der Waals surface area contributed by atoms with Gasteiger partial charge in [-0.1, -0.05) is 19.0 Å². The third kappa shape index (κ3) is 2.45. The van der Waals surface area contributed by atoms with Crippen molar-refractivity contribution in [2.24, 2.45) is 0 Å². The van der Waals surface area contributed by atoms with Crippen LogP contribution in [0.4, 0.5) is 0 Å². The monoisotopic (exact) mass is 277 g/mol. The van der Waals surface area contributed by atoms with E-state index in [1.165, 1.54) is 13.2 Å². The van der Waals surface area contributed by atoms with Crippen molar-refractivity contribution in [3.8, 4) is 22.8 Å². The van der Waals surface area contributed by atoms with Crippen LogP contribution in [0, 0.1) is 0 Å². The summed E-state index contributed by atoms with van der Waals surface area (Å²) in [4.78, 5) is 10.8. The Balaban J connectivity index is 2.59. The zero-order valence-corrected chi connectivity index (χ0v) is 11.4. The summed E-state index contributed by atoms with van der Waals surface area (Å²) in [6, 6.07) is 4.74. The zero-order valence-electron chi connectivity index (χ0n) is 11.4. The lowest BCUT2D eigenvalue weighted by Gasteiger charge is -2.12. The SMILES string of the molecule is COc1cc(C(C)C)cc(-c2cc(C(=O)O)on2)c1O. The lowest BCUT2D eigenvalue weighted by atomic mass is 9.98. The largest absolute Gasteiger partial charge is 0.504 e. The van der Waals surface area contributed by atoms with Crippen LogP contribution < -0.4 is 4.74 Å². The highest BCUT2D eigenvalue weighted by Crippen LogP contribution is 2.39. The molecule has 20 heavy (non-hydrogen) atoms. The van der Waals surface area contributed by atoms with Gasteiger partial charge in [0.25, 0.3) is 0 Å². The van der Waals surface area contributed by atoms with Gasteiger partial charge in [0, 0.05) is 11.6 Å². The molecule has 0 spiro atoms.